The van der Waals surface area contributed by atoms with Gasteiger partial charge in [0.1, 0.15) is 5.82 Å². The summed E-state index contributed by atoms with van der Waals surface area (Å²) >= 11 is 0. The molecule has 0 spiro atoms. The molecule has 0 bridgehead atoms. The van der Waals surface area contributed by atoms with Gasteiger partial charge in [-0.2, -0.15) is 0 Å². The molecule has 0 radical (unpaired) electrons. The number of hydrogen-bond acceptors (Lipinski definition) is 5. The standard InChI is InChI=1S/C15H12N4O2/c1-10-8-17-15(7-14(10)19(20)21)18-13-3-2-12-9-16-5-4-11(12)6-13/h2-9H,1H3,(H,17,18). The molecule has 3 aromatic rings. The van der Waals surface area contributed by atoms with Gasteiger partial charge in [-0.3, -0.25) is 15.1 Å². The lowest BCUT2D eigenvalue weighted by Gasteiger charge is -2.07. The van der Waals surface area contributed by atoms with Gasteiger partial charge in [-0.05, 0) is 30.5 Å². The van der Waals surface area contributed by atoms with E-state index in [2.05, 4.69) is 15.3 Å². The molecule has 1 N–H and O–H groups in total. The second-order valence-corrected chi connectivity index (χ2v) is 4.68. The number of pyridine rings is 2. The number of fused-ring (bicyclic) bond motifs is 1. The van der Waals surface area contributed by atoms with Crippen LogP contribution < -0.4 is 5.32 Å². The molecule has 104 valence electrons. The fourth-order valence-corrected chi connectivity index (χ4v) is 2.09. The van der Waals surface area contributed by atoms with Gasteiger partial charge in [0.25, 0.3) is 5.69 Å². The number of rotatable bonds is 3. The van der Waals surface area contributed by atoms with Crippen molar-refractivity contribution in [1.29, 1.82) is 0 Å². The summed E-state index contributed by atoms with van der Waals surface area (Å²) in [5, 5.41) is 16.1. The Kier molecular flexibility index (Phi) is 3.19. The number of aryl methyl sites for hydroxylation is 1. The van der Waals surface area contributed by atoms with Gasteiger partial charge in [-0.25, -0.2) is 4.98 Å². The third-order valence-electron chi connectivity index (χ3n) is 3.18. The van der Waals surface area contributed by atoms with Crippen LogP contribution in [0.4, 0.5) is 17.2 Å². The minimum Gasteiger partial charge on any atom is -0.340 e. The molecule has 0 aliphatic carbocycles. The SMILES string of the molecule is Cc1cnc(Nc2ccc3cnccc3c2)cc1[N+](=O)[O-]. The van der Waals surface area contributed by atoms with Gasteiger partial charge in [-0.1, -0.05) is 6.07 Å². The average molecular weight is 280 g/mol. The molecule has 6 heteroatoms. The first kappa shape index (κ1) is 13.0. The molecule has 0 amide bonds. The number of benzene rings is 1. The highest BCUT2D eigenvalue weighted by atomic mass is 16.6. The zero-order chi connectivity index (χ0) is 14.8. The molecule has 6 nitrogen and oxygen atoms in total. The van der Waals surface area contributed by atoms with Crippen molar-refractivity contribution >= 4 is 28.0 Å². The molecule has 2 heterocycles. The van der Waals surface area contributed by atoms with Crippen LogP contribution in [0.5, 0.6) is 0 Å². The predicted molar refractivity (Wildman–Crippen MR) is 80.7 cm³/mol. The Hall–Kier alpha value is -3.02. The smallest absolute Gasteiger partial charge is 0.277 e. The first-order valence-electron chi connectivity index (χ1n) is 6.35. The van der Waals surface area contributed by atoms with E-state index >= 15 is 0 Å². The largest absolute Gasteiger partial charge is 0.340 e. The number of nitro groups is 1. The van der Waals surface area contributed by atoms with Crippen LogP contribution in [0.25, 0.3) is 10.8 Å². The Balaban J connectivity index is 1.94. The lowest BCUT2D eigenvalue weighted by molar-refractivity contribution is -0.385. The summed E-state index contributed by atoms with van der Waals surface area (Å²) < 4.78 is 0. The van der Waals surface area contributed by atoms with E-state index in [1.807, 2.05) is 24.3 Å². The lowest BCUT2D eigenvalue weighted by atomic mass is 10.1. The molecule has 0 unspecified atom stereocenters. The van der Waals surface area contributed by atoms with Gasteiger partial charge >= 0.3 is 0 Å². The molecule has 0 aliphatic rings. The van der Waals surface area contributed by atoms with Gasteiger partial charge in [-0.15, -0.1) is 0 Å². The lowest BCUT2D eigenvalue weighted by Crippen LogP contribution is -1.98. The number of anilines is 2. The molecule has 3 rings (SSSR count). The molecule has 0 aliphatic heterocycles. The van der Waals surface area contributed by atoms with Gasteiger partial charge in [0.05, 0.1) is 11.0 Å². The maximum Gasteiger partial charge on any atom is 0.277 e. The number of hydrogen-bond donors (Lipinski definition) is 1. The molecular weight excluding hydrogens is 268 g/mol. The van der Waals surface area contributed by atoms with Crippen LogP contribution in [-0.2, 0) is 0 Å². The highest BCUT2D eigenvalue weighted by molar-refractivity contribution is 5.85. The monoisotopic (exact) mass is 280 g/mol. The maximum atomic E-state index is 10.9. The van der Waals surface area contributed by atoms with E-state index in [1.165, 1.54) is 12.3 Å². The molecule has 21 heavy (non-hydrogen) atoms. The number of nitrogens with zero attached hydrogens (tertiary/aromatic N) is 3. The van der Waals surface area contributed by atoms with E-state index in [0.717, 1.165) is 16.5 Å². The minimum atomic E-state index is -0.408. The van der Waals surface area contributed by atoms with Crippen molar-refractivity contribution in [3.8, 4) is 0 Å². The number of nitrogens with one attached hydrogen (secondary N) is 1. The summed E-state index contributed by atoms with van der Waals surface area (Å²) in [6.07, 6.45) is 5.00. The van der Waals surface area contributed by atoms with E-state index in [1.54, 1.807) is 19.3 Å². The quantitative estimate of drug-likeness (QED) is 0.585. The summed E-state index contributed by atoms with van der Waals surface area (Å²) in [4.78, 5) is 18.8. The van der Waals surface area contributed by atoms with Crippen molar-refractivity contribution in [3.63, 3.8) is 0 Å². The fraction of sp³-hybridized carbons (Fsp3) is 0.0667. The zero-order valence-electron chi connectivity index (χ0n) is 11.3. The Morgan fingerprint density at radius 2 is 2.00 bits per heavy atom. The van der Waals surface area contributed by atoms with Crippen molar-refractivity contribution in [2.75, 3.05) is 5.32 Å². The van der Waals surface area contributed by atoms with Crippen molar-refractivity contribution in [2.24, 2.45) is 0 Å². The topological polar surface area (TPSA) is 81.0 Å². The van der Waals surface area contributed by atoms with Crippen LogP contribution in [0.15, 0.2) is 48.9 Å². The van der Waals surface area contributed by atoms with Crippen molar-refractivity contribution in [2.45, 2.75) is 6.92 Å². The third-order valence-corrected chi connectivity index (χ3v) is 3.18. The summed E-state index contributed by atoms with van der Waals surface area (Å²) in [5.74, 6) is 0.445. The van der Waals surface area contributed by atoms with E-state index in [0.29, 0.717) is 11.4 Å². The molecule has 0 saturated carbocycles. The van der Waals surface area contributed by atoms with Crippen LogP contribution in [0.1, 0.15) is 5.56 Å². The van der Waals surface area contributed by atoms with Crippen LogP contribution in [0.2, 0.25) is 0 Å². The Bertz CT molecular complexity index is 833. The predicted octanol–water partition coefficient (Wildman–Crippen LogP) is 3.59. The third kappa shape index (κ3) is 2.64. The minimum absolute atomic E-state index is 0.0532. The van der Waals surface area contributed by atoms with E-state index in [4.69, 9.17) is 0 Å². The highest BCUT2D eigenvalue weighted by Gasteiger charge is 2.12. The summed E-state index contributed by atoms with van der Waals surface area (Å²) in [7, 11) is 0. The molecule has 2 aromatic heterocycles. The Labute approximate surface area is 120 Å². The van der Waals surface area contributed by atoms with Gasteiger partial charge in [0, 0.05) is 35.2 Å². The summed E-state index contributed by atoms with van der Waals surface area (Å²) in [6, 6.07) is 9.12. The van der Waals surface area contributed by atoms with E-state index in [9.17, 15) is 10.1 Å². The Morgan fingerprint density at radius 3 is 2.81 bits per heavy atom. The maximum absolute atomic E-state index is 10.9. The normalized spacial score (nSPS) is 10.5. The molecular formula is C15H12N4O2. The molecule has 1 aromatic carbocycles. The second kappa shape index (κ2) is 5.16. The van der Waals surface area contributed by atoms with E-state index < -0.39 is 4.92 Å². The second-order valence-electron chi connectivity index (χ2n) is 4.68. The first-order chi connectivity index (χ1) is 10.1. The zero-order valence-corrected chi connectivity index (χ0v) is 11.3. The van der Waals surface area contributed by atoms with Gasteiger partial charge in [0.2, 0.25) is 0 Å². The van der Waals surface area contributed by atoms with Crippen LogP contribution >= 0.6 is 0 Å². The highest BCUT2D eigenvalue weighted by Crippen LogP contribution is 2.24. The average Bonchev–Trinajstić information content (AvgIpc) is 2.49. The molecule has 0 atom stereocenters. The van der Waals surface area contributed by atoms with Crippen molar-refractivity contribution in [1.82, 2.24) is 9.97 Å². The fourth-order valence-electron chi connectivity index (χ4n) is 2.09. The van der Waals surface area contributed by atoms with Crippen molar-refractivity contribution in [3.05, 3.63) is 64.6 Å². The van der Waals surface area contributed by atoms with Crippen LogP contribution in [0, 0.1) is 17.0 Å². The van der Waals surface area contributed by atoms with Gasteiger partial charge in [0.15, 0.2) is 0 Å². The van der Waals surface area contributed by atoms with Gasteiger partial charge < -0.3 is 5.32 Å². The van der Waals surface area contributed by atoms with Crippen LogP contribution in [-0.4, -0.2) is 14.9 Å². The van der Waals surface area contributed by atoms with Crippen molar-refractivity contribution < 1.29 is 4.92 Å². The Morgan fingerprint density at radius 1 is 1.14 bits per heavy atom. The molecule has 0 saturated heterocycles. The van der Waals surface area contributed by atoms with E-state index in [-0.39, 0.29) is 5.69 Å². The summed E-state index contributed by atoms with van der Waals surface area (Å²) in [6.45, 7) is 1.66. The molecule has 0 fully saturated rings. The summed E-state index contributed by atoms with van der Waals surface area (Å²) in [5.41, 5.74) is 1.41. The number of aromatic nitrogens is 2. The van der Waals surface area contributed by atoms with Crippen LogP contribution in [0.3, 0.4) is 0 Å². The first-order valence-corrected chi connectivity index (χ1v) is 6.35.